The van der Waals surface area contributed by atoms with Crippen LogP contribution in [0.15, 0.2) is 30.3 Å². The summed E-state index contributed by atoms with van der Waals surface area (Å²) >= 11 is 0. The number of hydrogen-bond acceptors (Lipinski definition) is 1. The number of halogens is 2. The van der Waals surface area contributed by atoms with Gasteiger partial charge in [-0.15, -0.1) is 0 Å². The fraction of sp³-hybridized carbons (Fsp3) is 0.222. The summed E-state index contributed by atoms with van der Waals surface area (Å²) in [5, 5.41) is 2.11. The minimum Gasteiger partial charge on any atom is -0.347 e. The fourth-order valence-electron chi connectivity index (χ4n) is 0.862. The fourth-order valence-corrected chi connectivity index (χ4v) is 0.862. The van der Waals surface area contributed by atoms with E-state index in [2.05, 4.69) is 5.32 Å². The van der Waals surface area contributed by atoms with Crippen molar-refractivity contribution in [2.75, 3.05) is 0 Å². The van der Waals surface area contributed by atoms with Crippen LogP contribution in [0.5, 0.6) is 0 Å². The lowest BCUT2D eigenvalue weighted by molar-refractivity contribution is -0.131. The molecule has 1 N–H and O–H groups in total. The van der Waals surface area contributed by atoms with Crippen molar-refractivity contribution in [1.82, 2.24) is 5.32 Å². The highest BCUT2D eigenvalue weighted by molar-refractivity contribution is 5.78. The summed E-state index contributed by atoms with van der Waals surface area (Å²) in [6, 6.07) is 8.89. The Bertz CT molecular complexity index is 274. The van der Waals surface area contributed by atoms with Crippen LogP contribution in [-0.2, 0) is 11.3 Å². The van der Waals surface area contributed by atoms with Gasteiger partial charge in [-0.1, -0.05) is 30.3 Å². The first-order valence-corrected chi connectivity index (χ1v) is 3.80. The van der Waals surface area contributed by atoms with Crippen molar-refractivity contribution >= 4 is 5.91 Å². The Kier molecular flexibility index (Phi) is 3.37. The molecule has 0 fully saturated rings. The Hall–Kier alpha value is -1.45. The molecule has 0 aliphatic carbocycles. The summed E-state index contributed by atoms with van der Waals surface area (Å²) in [4.78, 5) is 10.5. The van der Waals surface area contributed by atoms with Crippen LogP contribution in [0.2, 0.25) is 0 Å². The van der Waals surface area contributed by atoms with Crippen molar-refractivity contribution in [1.29, 1.82) is 0 Å². The third-order valence-electron chi connectivity index (χ3n) is 1.51. The molecule has 1 amide bonds. The summed E-state index contributed by atoms with van der Waals surface area (Å²) in [6.07, 6.45) is -2.94. The Balaban J connectivity index is 2.40. The second-order valence-electron chi connectivity index (χ2n) is 2.50. The van der Waals surface area contributed by atoms with E-state index < -0.39 is 12.3 Å². The van der Waals surface area contributed by atoms with Gasteiger partial charge in [0.1, 0.15) is 0 Å². The largest absolute Gasteiger partial charge is 0.347 e. The van der Waals surface area contributed by atoms with Crippen molar-refractivity contribution in [2.45, 2.75) is 13.0 Å². The summed E-state index contributed by atoms with van der Waals surface area (Å²) in [7, 11) is 0. The smallest absolute Gasteiger partial charge is 0.315 e. The van der Waals surface area contributed by atoms with Gasteiger partial charge in [0, 0.05) is 6.54 Å². The zero-order valence-corrected chi connectivity index (χ0v) is 6.84. The molecule has 0 aromatic heterocycles. The highest BCUT2D eigenvalue weighted by Gasteiger charge is 2.13. The maximum absolute atomic E-state index is 11.7. The van der Waals surface area contributed by atoms with Crippen molar-refractivity contribution in [3.63, 3.8) is 0 Å². The number of nitrogens with one attached hydrogen (secondary N) is 1. The van der Waals surface area contributed by atoms with Gasteiger partial charge in [0.05, 0.1) is 0 Å². The summed E-state index contributed by atoms with van der Waals surface area (Å²) in [5.41, 5.74) is 0.802. The van der Waals surface area contributed by atoms with Gasteiger partial charge in [0.15, 0.2) is 0 Å². The molecule has 13 heavy (non-hydrogen) atoms. The molecule has 0 bridgehead atoms. The molecule has 0 aliphatic heterocycles. The SMILES string of the molecule is O=C(NCc1ccccc1)C(F)F. The summed E-state index contributed by atoms with van der Waals surface area (Å²) in [5.74, 6) is -1.23. The van der Waals surface area contributed by atoms with Crippen LogP contribution in [0.3, 0.4) is 0 Å². The van der Waals surface area contributed by atoms with Gasteiger partial charge in [0.2, 0.25) is 0 Å². The van der Waals surface area contributed by atoms with Crippen LogP contribution >= 0.6 is 0 Å². The van der Waals surface area contributed by atoms with Crippen LogP contribution in [0.25, 0.3) is 0 Å². The average Bonchev–Trinajstić information content (AvgIpc) is 2.15. The maximum atomic E-state index is 11.7. The number of carbonyl (C=O) groups excluding carboxylic acids is 1. The number of alkyl halides is 2. The monoisotopic (exact) mass is 185 g/mol. The second kappa shape index (κ2) is 4.54. The normalized spacial score (nSPS) is 10.1. The molecule has 1 aromatic carbocycles. The van der Waals surface area contributed by atoms with Gasteiger partial charge in [0.25, 0.3) is 5.91 Å². The maximum Gasteiger partial charge on any atom is 0.315 e. The lowest BCUT2D eigenvalue weighted by Gasteiger charge is -2.03. The van der Waals surface area contributed by atoms with E-state index in [1.165, 1.54) is 0 Å². The first-order chi connectivity index (χ1) is 6.20. The lowest BCUT2D eigenvalue weighted by Crippen LogP contribution is -2.28. The molecular weight excluding hydrogens is 176 g/mol. The van der Waals surface area contributed by atoms with Crippen LogP contribution in [-0.4, -0.2) is 12.3 Å². The molecule has 0 radical (unpaired) electrons. The standard InChI is InChI=1S/C9H9F2NO/c10-8(11)9(13)12-6-7-4-2-1-3-5-7/h1-5,8H,6H2,(H,12,13). The van der Waals surface area contributed by atoms with Crippen molar-refractivity contribution in [2.24, 2.45) is 0 Å². The second-order valence-corrected chi connectivity index (χ2v) is 2.50. The van der Waals surface area contributed by atoms with E-state index in [-0.39, 0.29) is 6.54 Å². The zero-order chi connectivity index (χ0) is 9.68. The Morgan fingerprint density at radius 2 is 1.92 bits per heavy atom. The van der Waals surface area contributed by atoms with Crippen LogP contribution < -0.4 is 5.32 Å². The Morgan fingerprint density at radius 1 is 1.31 bits per heavy atom. The van der Waals surface area contributed by atoms with Crippen LogP contribution in [0, 0.1) is 0 Å². The third-order valence-corrected chi connectivity index (χ3v) is 1.51. The van der Waals surface area contributed by atoms with Crippen molar-refractivity contribution in [3.05, 3.63) is 35.9 Å². The van der Waals surface area contributed by atoms with Gasteiger partial charge in [-0.2, -0.15) is 8.78 Å². The Morgan fingerprint density at radius 3 is 2.46 bits per heavy atom. The number of hydrogen-bond donors (Lipinski definition) is 1. The van der Waals surface area contributed by atoms with Crippen LogP contribution in [0.1, 0.15) is 5.56 Å². The average molecular weight is 185 g/mol. The van der Waals surface area contributed by atoms with Crippen molar-refractivity contribution in [3.8, 4) is 0 Å². The van der Waals surface area contributed by atoms with Crippen LogP contribution in [0.4, 0.5) is 8.78 Å². The highest BCUT2D eigenvalue weighted by Crippen LogP contribution is 1.98. The summed E-state index contributed by atoms with van der Waals surface area (Å²) < 4.78 is 23.4. The molecule has 70 valence electrons. The predicted molar refractivity (Wildman–Crippen MR) is 44.3 cm³/mol. The molecular formula is C9H9F2NO. The molecule has 2 nitrogen and oxygen atoms in total. The zero-order valence-electron chi connectivity index (χ0n) is 6.84. The highest BCUT2D eigenvalue weighted by atomic mass is 19.3. The number of amides is 1. The first-order valence-electron chi connectivity index (χ1n) is 3.80. The molecule has 0 atom stereocenters. The van der Waals surface area contributed by atoms with E-state index in [4.69, 9.17) is 0 Å². The number of benzene rings is 1. The Labute approximate surface area is 74.6 Å². The van der Waals surface area contributed by atoms with E-state index >= 15 is 0 Å². The van der Waals surface area contributed by atoms with Gasteiger partial charge in [-0.05, 0) is 5.56 Å². The third kappa shape index (κ3) is 3.19. The van der Waals surface area contributed by atoms with E-state index in [0.29, 0.717) is 0 Å². The molecule has 0 heterocycles. The van der Waals surface area contributed by atoms with Gasteiger partial charge >= 0.3 is 6.43 Å². The van der Waals surface area contributed by atoms with Gasteiger partial charge < -0.3 is 5.32 Å². The molecule has 4 heteroatoms. The lowest BCUT2D eigenvalue weighted by atomic mass is 10.2. The van der Waals surface area contributed by atoms with Gasteiger partial charge in [-0.25, -0.2) is 0 Å². The topological polar surface area (TPSA) is 29.1 Å². The predicted octanol–water partition coefficient (Wildman–Crippen LogP) is 1.57. The quantitative estimate of drug-likeness (QED) is 0.760. The van der Waals surface area contributed by atoms with Gasteiger partial charge in [-0.3, -0.25) is 4.79 Å². The minimum absolute atomic E-state index is 0.143. The molecule has 1 rings (SSSR count). The van der Waals surface area contributed by atoms with Crippen molar-refractivity contribution < 1.29 is 13.6 Å². The first kappa shape index (κ1) is 9.64. The minimum atomic E-state index is -2.94. The molecule has 1 aromatic rings. The molecule has 0 aliphatic rings. The molecule has 0 unspecified atom stereocenters. The van der Waals surface area contributed by atoms with E-state index in [9.17, 15) is 13.6 Å². The van der Waals surface area contributed by atoms with E-state index in [1.54, 1.807) is 24.3 Å². The number of carbonyl (C=O) groups is 1. The number of rotatable bonds is 3. The van der Waals surface area contributed by atoms with E-state index in [0.717, 1.165) is 5.56 Å². The molecule has 0 spiro atoms. The molecule has 0 saturated heterocycles. The molecule has 0 saturated carbocycles. The summed E-state index contributed by atoms with van der Waals surface area (Å²) in [6.45, 7) is 0.143. The van der Waals surface area contributed by atoms with E-state index in [1.807, 2.05) is 6.07 Å².